The third-order valence-corrected chi connectivity index (χ3v) is 4.40. The number of aliphatic hydroxyl groups excluding tert-OH is 1. The number of unbranched alkanes of at least 4 members (excludes halogenated alkanes) is 4. The SMILES string of the molecule is CCCCCCCOCCOCCNC(=O)OCCOCCOCCCC(=O)OC/C=C\CO. The Labute approximate surface area is 204 Å². The van der Waals surface area contributed by atoms with Crippen LogP contribution in [0.2, 0.25) is 0 Å². The molecule has 34 heavy (non-hydrogen) atoms. The average molecular weight is 492 g/mol. The predicted octanol–water partition coefficient (Wildman–Crippen LogP) is 2.62. The molecule has 0 bridgehead atoms. The lowest BCUT2D eigenvalue weighted by Crippen LogP contribution is -2.29. The van der Waals surface area contributed by atoms with E-state index in [1.807, 2.05) is 0 Å². The van der Waals surface area contributed by atoms with Crippen molar-refractivity contribution < 1.29 is 43.1 Å². The highest BCUT2D eigenvalue weighted by atomic mass is 16.6. The van der Waals surface area contributed by atoms with Crippen molar-refractivity contribution in [3.63, 3.8) is 0 Å². The fraction of sp³-hybridized carbons (Fsp3) is 0.833. The Kier molecular flexibility index (Phi) is 26.1. The van der Waals surface area contributed by atoms with E-state index in [9.17, 15) is 9.59 Å². The Balaban J connectivity index is 3.24. The molecule has 0 unspecified atom stereocenters. The van der Waals surface area contributed by atoms with Crippen LogP contribution >= 0.6 is 0 Å². The van der Waals surface area contributed by atoms with Gasteiger partial charge in [-0.1, -0.05) is 38.7 Å². The number of esters is 1. The fourth-order valence-corrected chi connectivity index (χ4v) is 2.60. The van der Waals surface area contributed by atoms with Crippen molar-refractivity contribution in [3.05, 3.63) is 12.2 Å². The molecular weight excluding hydrogens is 446 g/mol. The molecule has 0 aromatic heterocycles. The zero-order valence-electron chi connectivity index (χ0n) is 20.8. The summed E-state index contributed by atoms with van der Waals surface area (Å²) in [6, 6.07) is 0. The molecule has 0 spiro atoms. The van der Waals surface area contributed by atoms with Gasteiger partial charge in [-0.2, -0.15) is 0 Å². The van der Waals surface area contributed by atoms with Gasteiger partial charge in [-0.05, 0) is 18.9 Å². The summed E-state index contributed by atoms with van der Waals surface area (Å²) < 4.78 is 31.5. The Morgan fingerprint density at radius 1 is 0.706 bits per heavy atom. The molecule has 10 heteroatoms. The van der Waals surface area contributed by atoms with Crippen molar-refractivity contribution in [2.75, 3.05) is 79.2 Å². The minimum absolute atomic E-state index is 0.0712. The van der Waals surface area contributed by atoms with E-state index >= 15 is 0 Å². The van der Waals surface area contributed by atoms with Gasteiger partial charge in [0.2, 0.25) is 0 Å². The molecule has 0 heterocycles. The molecule has 0 radical (unpaired) electrons. The van der Waals surface area contributed by atoms with Gasteiger partial charge in [0.15, 0.2) is 0 Å². The van der Waals surface area contributed by atoms with Gasteiger partial charge in [-0.25, -0.2) is 4.79 Å². The van der Waals surface area contributed by atoms with Gasteiger partial charge < -0.3 is 38.8 Å². The standard InChI is InChI=1S/C24H45NO9/c1-2-3-4-5-7-13-29-17-19-31-16-11-25-24(28)34-22-21-32-20-18-30-14-9-10-23(27)33-15-8-6-12-26/h6,8,26H,2-5,7,9-22H2,1H3,(H,25,28)/b8-6-. The van der Waals surface area contributed by atoms with Crippen molar-refractivity contribution in [1.82, 2.24) is 5.32 Å². The largest absolute Gasteiger partial charge is 0.461 e. The summed E-state index contributed by atoms with van der Waals surface area (Å²) in [5.74, 6) is -0.304. The quantitative estimate of drug-likeness (QED) is 0.113. The van der Waals surface area contributed by atoms with Gasteiger partial charge in [-0.15, -0.1) is 0 Å². The lowest BCUT2D eigenvalue weighted by molar-refractivity contribution is -0.142. The van der Waals surface area contributed by atoms with Gasteiger partial charge >= 0.3 is 12.1 Å². The van der Waals surface area contributed by atoms with Crippen LogP contribution < -0.4 is 5.32 Å². The zero-order valence-corrected chi connectivity index (χ0v) is 20.8. The van der Waals surface area contributed by atoms with E-state index in [1.54, 1.807) is 6.08 Å². The highest BCUT2D eigenvalue weighted by Gasteiger charge is 2.02. The summed E-state index contributed by atoms with van der Waals surface area (Å²) in [5.41, 5.74) is 0. The molecule has 200 valence electrons. The first-order valence-corrected chi connectivity index (χ1v) is 12.3. The van der Waals surface area contributed by atoms with Crippen LogP contribution in [-0.2, 0) is 33.2 Å². The molecule has 0 aliphatic heterocycles. The number of alkyl carbamates (subject to hydrolysis) is 1. The van der Waals surface area contributed by atoms with Crippen LogP contribution in [0.5, 0.6) is 0 Å². The van der Waals surface area contributed by atoms with Crippen molar-refractivity contribution in [2.45, 2.75) is 51.9 Å². The number of rotatable bonds is 25. The predicted molar refractivity (Wildman–Crippen MR) is 128 cm³/mol. The van der Waals surface area contributed by atoms with E-state index in [0.29, 0.717) is 52.6 Å². The number of hydrogen-bond donors (Lipinski definition) is 2. The minimum atomic E-state index is -0.509. The van der Waals surface area contributed by atoms with Crippen molar-refractivity contribution >= 4 is 12.1 Å². The summed E-state index contributed by atoms with van der Waals surface area (Å²) >= 11 is 0. The summed E-state index contributed by atoms with van der Waals surface area (Å²) in [6.45, 7) is 6.53. The summed E-state index contributed by atoms with van der Waals surface area (Å²) in [6.07, 6.45) is 9.53. The van der Waals surface area contributed by atoms with E-state index in [1.165, 1.54) is 31.8 Å². The molecule has 10 nitrogen and oxygen atoms in total. The fourth-order valence-electron chi connectivity index (χ4n) is 2.60. The summed E-state index contributed by atoms with van der Waals surface area (Å²) in [5, 5.41) is 11.2. The highest BCUT2D eigenvalue weighted by molar-refractivity contribution is 5.69. The lowest BCUT2D eigenvalue weighted by atomic mass is 10.2. The van der Waals surface area contributed by atoms with Crippen LogP contribution in [0.1, 0.15) is 51.9 Å². The molecule has 0 fully saturated rings. The number of amides is 1. The topological polar surface area (TPSA) is 122 Å². The van der Waals surface area contributed by atoms with Crippen LogP contribution in [-0.4, -0.2) is 96.4 Å². The molecule has 0 aliphatic rings. The number of hydrogen-bond acceptors (Lipinski definition) is 9. The van der Waals surface area contributed by atoms with E-state index in [2.05, 4.69) is 12.2 Å². The number of carbonyl (C=O) groups excluding carboxylic acids is 2. The second kappa shape index (κ2) is 27.5. The normalized spacial score (nSPS) is 11.1. The Hall–Kier alpha value is -1.72. The Morgan fingerprint density at radius 3 is 2.03 bits per heavy atom. The smallest absolute Gasteiger partial charge is 0.407 e. The maximum absolute atomic E-state index is 11.5. The number of carbonyl (C=O) groups is 2. The molecule has 0 saturated carbocycles. The van der Waals surface area contributed by atoms with E-state index in [0.717, 1.165) is 13.0 Å². The molecule has 2 N–H and O–H groups in total. The average Bonchev–Trinajstić information content (AvgIpc) is 2.83. The van der Waals surface area contributed by atoms with Crippen LogP contribution in [0.25, 0.3) is 0 Å². The molecule has 1 amide bonds. The molecule has 0 saturated heterocycles. The first-order valence-electron chi connectivity index (χ1n) is 12.3. The second-order valence-corrected chi connectivity index (χ2v) is 7.37. The first kappa shape index (κ1) is 32.3. The van der Waals surface area contributed by atoms with Crippen LogP contribution in [0.3, 0.4) is 0 Å². The van der Waals surface area contributed by atoms with Crippen molar-refractivity contribution in [3.8, 4) is 0 Å². The third-order valence-electron chi connectivity index (χ3n) is 4.40. The number of ether oxygens (including phenoxy) is 6. The monoisotopic (exact) mass is 491 g/mol. The number of aliphatic hydroxyl groups is 1. The molecule has 0 aliphatic carbocycles. The minimum Gasteiger partial charge on any atom is -0.461 e. The van der Waals surface area contributed by atoms with Gasteiger partial charge in [0.1, 0.15) is 13.2 Å². The summed E-state index contributed by atoms with van der Waals surface area (Å²) in [7, 11) is 0. The van der Waals surface area contributed by atoms with E-state index < -0.39 is 6.09 Å². The van der Waals surface area contributed by atoms with Crippen molar-refractivity contribution in [1.29, 1.82) is 0 Å². The van der Waals surface area contributed by atoms with E-state index in [-0.39, 0.29) is 38.8 Å². The molecule has 0 aromatic carbocycles. The number of nitrogens with one attached hydrogen (secondary N) is 1. The van der Waals surface area contributed by atoms with Crippen molar-refractivity contribution in [2.24, 2.45) is 0 Å². The lowest BCUT2D eigenvalue weighted by Gasteiger charge is -2.09. The summed E-state index contributed by atoms with van der Waals surface area (Å²) in [4.78, 5) is 22.9. The molecule has 0 aromatic rings. The highest BCUT2D eigenvalue weighted by Crippen LogP contribution is 2.02. The third kappa shape index (κ3) is 26.5. The zero-order chi connectivity index (χ0) is 25.0. The van der Waals surface area contributed by atoms with E-state index in [4.69, 9.17) is 33.5 Å². The Morgan fingerprint density at radius 2 is 1.32 bits per heavy atom. The van der Waals surface area contributed by atoms with Gasteiger partial charge in [0, 0.05) is 26.2 Å². The van der Waals surface area contributed by atoms with Gasteiger partial charge in [-0.3, -0.25) is 4.79 Å². The second-order valence-electron chi connectivity index (χ2n) is 7.37. The first-order chi connectivity index (χ1) is 16.7. The van der Waals surface area contributed by atoms with Crippen LogP contribution in [0.15, 0.2) is 12.2 Å². The maximum atomic E-state index is 11.5. The van der Waals surface area contributed by atoms with Crippen LogP contribution in [0.4, 0.5) is 4.79 Å². The van der Waals surface area contributed by atoms with Crippen LogP contribution in [0, 0.1) is 0 Å². The molecule has 0 rings (SSSR count). The van der Waals surface area contributed by atoms with Gasteiger partial charge in [0.05, 0.1) is 46.2 Å². The molecule has 0 atom stereocenters. The van der Waals surface area contributed by atoms with Gasteiger partial charge in [0.25, 0.3) is 0 Å². The maximum Gasteiger partial charge on any atom is 0.407 e. The Bertz CT molecular complexity index is 489. The molecular formula is C24H45NO9.